The van der Waals surface area contributed by atoms with Crippen LogP contribution in [-0.2, 0) is 0 Å². The lowest BCUT2D eigenvalue weighted by Crippen LogP contribution is -2.00. The highest BCUT2D eigenvalue weighted by molar-refractivity contribution is 6.22. The summed E-state index contributed by atoms with van der Waals surface area (Å²) in [7, 11) is 0. The Bertz CT molecular complexity index is 603. The van der Waals surface area contributed by atoms with Crippen molar-refractivity contribution in [1.29, 1.82) is 0 Å². The Morgan fingerprint density at radius 2 is 1.45 bits per heavy atom. The summed E-state index contributed by atoms with van der Waals surface area (Å²) in [5.41, 5.74) is 2.41. The zero-order valence-electron chi connectivity index (χ0n) is 11.8. The third kappa shape index (κ3) is 3.01. The summed E-state index contributed by atoms with van der Waals surface area (Å²) in [6.45, 7) is 5.73. The van der Waals surface area contributed by atoms with Crippen LogP contribution in [0.3, 0.4) is 0 Å². The summed E-state index contributed by atoms with van der Waals surface area (Å²) in [4.78, 5) is 0. The van der Waals surface area contributed by atoms with Gasteiger partial charge in [0, 0.05) is 5.56 Å². The molecule has 0 heterocycles. The number of aryl methyl sites for hydroxylation is 1. The third-order valence-electron chi connectivity index (χ3n) is 3.45. The Kier molecular flexibility index (Phi) is 4.44. The van der Waals surface area contributed by atoms with Crippen LogP contribution in [0.15, 0.2) is 36.4 Å². The molecule has 0 amide bonds. The van der Waals surface area contributed by atoms with E-state index in [-0.39, 0.29) is 11.1 Å². The summed E-state index contributed by atoms with van der Waals surface area (Å²) in [5.74, 6) is -0.492. The van der Waals surface area contributed by atoms with Crippen molar-refractivity contribution >= 4 is 11.6 Å². The van der Waals surface area contributed by atoms with Gasteiger partial charge in [0.2, 0.25) is 0 Å². The molecule has 0 saturated carbocycles. The van der Waals surface area contributed by atoms with E-state index in [4.69, 9.17) is 11.6 Å². The van der Waals surface area contributed by atoms with Crippen molar-refractivity contribution in [3.63, 3.8) is 0 Å². The average molecular weight is 295 g/mol. The number of hydrogen-bond acceptors (Lipinski definition) is 0. The van der Waals surface area contributed by atoms with Crippen molar-refractivity contribution in [2.45, 2.75) is 32.1 Å². The molecule has 0 aliphatic carbocycles. The highest BCUT2D eigenvalue weighted by Crippen LogP contribution is 2.32. The largest absolute Gasteiger partial charge is 0.207 e. The maximum Gasteiger partial charge on any atom is 0.128 e. The van der Waals surface area contributed by atoms with Crippen LogP contribution in [0.5, 0.6) is 0 Å². The van der Waals surface area contributed by atoms with Crippen LogP contribution in [0.25, 0.3) is 0 Å². The summed E-state index contributed by atoms with van der Waals surface area (Å²) in [6.07, 6.45) is 0. The Labute approximate surface area is 123 Å². The molecule has 0 saturated heterocycles. The second-order valence-electron chi connectivity index (χ2n) is 5.31. The minimum Gasteiger partial charge on any atom is -0.207 e. The van der Waals surface area contributed by atoms with E-state index in [2.05, 4.69) is 13.8 Å². The lowest BCUT2D eigenvalue weighted by atomic mass is 9.98. The molecule has 0 bridgehead atoms. The van der Waals surface area contributed by atoms with Gasteiger partial charge in [-0.25, -0.2) is 8.78 Å². The lowest BCUT2D eigenvalue weighted by Gasteiger charge is -2.14. The van der Waals surface area contributed by atoms with Gasteiger partial charge in [0.05, 0.1) is 5.38 Å². The average Bonchev–Trinajstić information content (AvgIpc) is 2.42. The Balaban J connectivity index is 2.36. The molecule has 0 radical (unpaired) electrons. The Morgan fingerprint density at radius 3 is 2.00 bits per heavy atom. The number of halogens is 3. The van der Waals surface area contributed by atoms with E-state index in [1.807, 2.05) is 24.3 Å². The van der Waals surface area contributed by atoms with Crippen molar-refractivity contribution in [3.8, 4) is 0 Å². The van der Waals surface area contributed by atoms with Gasteiger partial charge in [0.1, 0.15) is 11.6 Å². The van der Waals surface area contributed by atoms with Crippen molar-refractivity contribution in [1.82, 2.24) is 0 Å². The molecule has 20 heavy (non-hydrogen) atoms. The molecular formula is C17H17ClF2. The lowest BCUT2D eigenvalue weighted by molar-refractivity contribution is 0.580. The second-order valence-corrected chi connectivity index (χ2v) is 5.74. The van der Waals surface area contributed by atoms with E-state index >= 15 is 0 Å². The summed E-state index contributed by atoms with van der Waals surface area (Å²) < 4.78 is 27.5. The first kappa shape index (κ1) is 15.0. The summed E-state index contributed by atoms with van der Waals surface area (Å²) in [6, 6.07) is 10.0. The van der Waals surface area contributed by atoms with Gasteiger partial charge in [-0.2, -0.15) is 0 Å². The first-order valence-electron chi connectivity index (χ1n) is 6.59. The van der Waals surface area contributed by atoms with Crippen LogP contribution in [-0.4, -0.2) is 0 Å². The topological polar surface area (TPSA) is 0 Å². The van der Waals surface area contributed by atoms with E-state index in [1.165, 1.54) is 24.6 Å². The van der Waals surface area contributed by atoms with Crippen LogP contribution in [0.4, 0.5) is 8.78 Å². The van der Waals surface area contributed by atoms with E-state index in [0.29, 0.717) is 5.92 Å². The molecule has 106 valence electrons. The smallest absolute Gasteiger partial charge is 0.128 e. The van der Waals surface area contributed by atoms with Gasteiger partial charge in [-0.05, 0) is 41.7 Å². The highest BCUT2D eigenvalue weighted by atomic mass is 35.5. The maximum absolute atomic E-state index is 13.9. The van der Waals surface area contributed by atoms with Crippen molar-refractivity contribution in [2.75, 3.05) is 0 Å². The number of benzene rings is 2. The number of hydrogen-bond donors (Lipinski definition) is 0. The molecule has 0 aliphatic rings. The van der Waals surface area contributed by atoms with Crippen molar-refractivity contribution in [3.05, 3.63) is 70.3 Å². The fourth-order valence-electron chi connectivity index (χ4n) is 2.09. The molecule has 0 nitrogen and oxygen atoms in total. The van der Waals surface area contributed by atoms with E-state index in [0.717, 1.165) is 5.56 Å². The molecule has 0 fully saturated rings. The molecule has 2 aromatic carbocycles. The Hall–Kier alpha value is -1.41. The Morgan fingerprint density at radius 1 is 0.900 bits per heavy atom. The quantitative estimate of drug-likeness (QED) is 0.635. The van der Waals surface area contributed by atoms with Gasteiger partial charge in [-0.3, -0.25) is 0 Å². The molecule has 0 aliphatic heterocycles. The molecular weight excluding hydrogens is 278 g/mol. The van der Waals surface area contributed by atoms with Crippen molar-refractivity contribution < 1.29 is 8.78 Å². The highest BCUT2D eigenvalue weighted by Gasteiger charge is 2.17. The van der Waals surface area contributed by atoms with E-state index < -0.39 is 17.0 Å². The van der Waals surface area contributed by atoms with Gasteiger partial charge in [0.25, 0.3) is 0 Å². The predicted molar refractivity (Wildman–Crippen MR) is 79.3 cm³/mol. The summed E-state index contributed by atoms with van der Waals surface area (Å²) >= 11 is 6.29. The molecule has 0 spiro atoms. The molecule has 1 atom stereocenters. The fourth-order valence-corrected chi connectivity index (χ4v) is 2.40. The van der Waals surface area contributed by atoms with Crippen LogP contribution in [0, 0.1) is 18.6 Å². The van der Waals surface area contributed by atoms with Crippen LogP contribution in [0.1, 0.15) is 47.4 Å². The third-order valence-corrected chi connectivity index (χ3v) is 3.93. The number of rotatable bonds is 3. The normalized spacial score (nSPS) is 12.8. The summed E-state index contributed by atoms with van der Waals surface area (Å²) in [5, 5.41) is -0.689. The van der Waals surface area contributed by atoms with Crippen LogP contribution in [0.2, 0.25) is 0 Å². The van der Waals surface area contributed by atoms with Gasteiger partial charge in [0.15, 0.2) is 0 Å². The standard InChI is InChI=1S/C17H17ClF2/c1-10(2)12-4-6-13(7-5-12)17(18)14-9-15(19)11(3)8-16(14)20/h4-10,17H,1-3H3. The van der Waals surface area contributed by atoms with Crippen molar-refractivity contribution in [2.24, 2.45) is 0 Å². The van der Waals surface area contributed by atoms with Gasteiger partial charge in [-0.15, -0.1) is 11.6 Å². The SMILES string of the molecule is Cc1cc(F)c(C(Cl)c2ccc(C(C)C)cc2)cc1F. The maximum atomic E-state index is 13.9. The molecule has 2 aromatic rings. The van der Waals surface area contributed by atoms with Gasteiger partial charge >= 0.3 is 0 Å². The first-order chi connectivity index (χ1) is 9.40. The minimum absolute atomic E-state index is 0.173. The van der Waals surface area contributed by atoms with Crippen LogP contribution >= 0.6 is 11.6 Å². The first-order valence-corrected chi connectivity index (χ1v) is 7.03. The number of alkyl halides is 1. The van der Waals surface area contributed by atoms with Gasteiger partial charge < -0.3 is 0 Å². The van der Waals surface area contributed by atoms with E-state index in [9.17, 15) is 8.78 Å². The molecule has 0 N–H and O–H groups in total. The molecule has 1 unspecified atom stereocenters. The molecule has 0 aromatic heterocycles. The van der Waals surface area contributed by atoms with E-state index in [1.54, 1.807) is 0 Å². The predicted octanol–water partition coefficient (Wildman–Crippen LogP) is 5.72. The molecule has 3 heteroatoms. The fraction of sp³-hybridized carbons (Fsp3) is 0.294. The second kappa shape index (κ2) is 5.92. The monoisotopic (exact) mass is 294 g/mol. The minimum atomic E-state index is -0.689. The van der Waals surface area contributed by atoms with Crippen LogP contribution < -0.4 is 0 Å². The van der Waals surface area contributed by atoms with Gasteiger partial charge in [-0.1, -0.05) is 38.1 Å². The molecule has 2 rings (SSSR count). The zero-order chi connectivity index (χ0) is 14.9. The zero-order valence-corrected chi connectivity index (χ0v) is 12.5.